The number of aromatic nitrogens is 3. The summed E-state index contributed by atoms with van der Waals surface area (Å²) in [5.41, 5.74) is 9.61. The fourth-order valence-corrected chi connectivity index (χ4v) is 4.79. The fourth-order valence-electron chi connectivity index (χ4n) is 4.79. The Morgan fingerprint density at radius 3 is 2.26 bits per heavy atom. The number of hydrogen-bond donors (Lipinski definition) is 0. The van der Waals surface area contributed by atoms with Crippen LogP contribution in [0.5, 0.6) is 0 Å². The first-order valence-electron chi connectivity index (χ1n) is 10.2. The fraction of sp³-hybridized carbons (Fsp3) is 0.478. The quantitative estimate of drug-likeness (QED) is 0.641. The van der Waals surface area contributed by atoms with Gasteiger partial charge in [0.2, 0.25) is 0 Å². The summed E-state index contributed by atoms with van der Waals surface area (Å²) in [7, 11) is 0. The third-order valence-electron chi connectivity index (χ3n) is 6.21. The second-order valence-corrected chi connectivity index (χ2v) is 7.88. The highest BCUT2D eigenvalue weighted by Gasteiger charge is 2.31. The van der Waals surface area contributed by atoms with Gasteiger partial charge in [0, 0.05) is 23.8 Å². The Labute approximate surface area is 162 Å². The number of fused-ring (bicyclic) bond motifs is 3. The van der Waals surface area contributed by atoms with Crippen molar-refractivity contribution in [2.75, 3.05) is 11.4 Å². The molecule has 0 radical (unpaired) electrons. The molecule has 0 spiro atoms. The van der Waals surface area contributed by atoms with Gasteiger partial charge < -0.3 is 4.90 Å². The monoisotopic (exact) mass is 362 g/mol. The lowest BCUT2D eigenvalue weighted by Crippen LogP contribution is -2.34. The molecule has 3 heterocycles. The Balaban J connectivity index is 2.03. The van der Waals surface area contributed by atoms with Crippen molar-refractivity contribution in [1.82, 2.24) is 14.6 Å². The van der Waals surface area contributed by atoms with Gasteiger partial charge in [0.15, 0.2) is 5.65 Å². The van der Waals surface area contributed by atoms with Crippen molar-refractivity contribution in [2.45, 2.75) is 66.8 Å². The smallest absolute Gasteiger partial charge is 0.165 e. The predicted octanol–water partition coefficient (Wildman–Crippen LogP) is 5.18. The van der Waals surface area contributed by atoms with E-state index in [9.17, 15) is 0 Å². The van der Waals surface area contributed by atoms with E-state index in [4.69, 9.17) is 10.1 Å². The van der Waals surface area contributed by atoms with Crippen LogP contribution in [0.25, 0.3) is 16.8 Å². The molecule has 4 rings (SSSR count). The van der Waals surface area contributed by atoms with Gasteiger partial charge in [-0.1, -0.05) is 32.0 Å². The van der Waals surface area contributed by atoms with Crippen molar-refractivity contribution in [3.63, 3.8) is 0 Å². The molecule has 0 saturated carbocycles. The molecule has 4 nitrogen and oxygen atoms in total. The zero-order valence-corrected chi connectivity index (χ0v) is 17.4. The largest absolute Gasteiger partial charge is 0.353 e. The van der Waals surface area contributed by atoms with Crippen molar-refractivity contribution in [3.8, 4) is 11.1 Å². The highest BCUT2D eigenvalue weighted by atomic mass is 15.4. The number of rotatable bonds is 4. The number of nitrogens with zero attached hydrogens (tertiary/aromatic N) is 4. The Bertz CT molecular complexity index is 991. The molecular weight excluding hydrogens is 332 g/mol. The maximum absolute atomic E-state index is 5.05. The van der Waals surface area contributed by atoms with Crippen LogP contribution in [0.1, 0.15) is 54.8 Å². The molecule has 0 unspecified atom stereocenters. The summed E-state index contributed by atoms with van der Waals surface area (Å²) in [6, 6.07) is 7.05. The Morgan fingerprint density at radius 2 is 1.63 bits per heavy atom. The van der Waals surface area contributed by atoms with Gasteiger partial charge in [-0.15, -0.1) is 0 Å². The van der Waals surface area contributed by atoms with Gasteiger partial charge in [0.1, 0.15) is 5.82 Å². The van der Waals surface area contributed by atoms with E-state index >= 15 is 0 Å². The van der Waals surface area contributed by atoms with Crippen molar-refractivity contribution in [2.24, 2.45) is 0 Å². The van der Waals surface area contributed by atoms with E-state index in [-0.39, 0.29) is 0 Å². The van der Waals surface area contributed by atoms with E-state index < -0.39 is 0 Å². The Morgan fingerprint density at radius 1 is 0.963 bits per heavy atom. The Kier molecular flexibility index (Phi) is 4.45. The zero-order chi connectivity index (χ0) is 19.3. The summed E-state index contributed by atoms with van der Waals surface area (Å²) in [6.07, 6.45) is 3.38. The van der Waals surface area contributed by atoms with Crippen LogP contribution in [0, 0.1) is 27.7 Å². The van der Waals surface area contributed by atoms with Crippen LogP contribution in [0.15, 0.2) is 18.2 Å². The topological polar surface area (TPSA) is 33.4 Å². The van der Waals surface area contributed by atoms with Gasteiger partial charge in [-0.05, 0) is 63.6 Å². The standard InChI is InChI=1S/C23H30N4/c1-7-18(8-2)26-13-12-19-16(5)24-22-21(17(6)25-27(22)23(19)26)20-14(3)10-9-11-15(20)4/h9-11,18H,7-8,12-13H2,1-6H3. The summed E-state index contributed by atoms with van der Waals surface area (Å²) >= 11 is 0. The van der Waals surface area contributed by atoms with Crippen molar-refractivity contribution >= 4 is 11.5 Å². The normalized spacial score (nSPS) is 13.8. The van der Waals surface area contributed by atoms with E-state index in [0.29, 0.717) is 6.04 Å². The zero-order valence-electron chi connectivity index (χ0n) is 17.4. The van der Waals surface area contributed by atoms with Crippen LogP contribution in [-0.4, -0.2) is 27.2 Å². The molecule has 0 fully saturated rings. The lowest BCUT2D eigenvalue weighted by atomic mass is 9.96. The highest BCUT2D eigenvalue weighted by Crippen LogP contribution is 2.38. The molecule has 1 aliphatic heterocycles. The van der Waals surface area contributed by atoms with Gasteiger partial charge in [0.25, 0.3) is 0 Å². The van der Waals surface area contributed by atoms with E-state index in [1.54, 1.807) is 0 Å². The molecular formula is C23H30N4. The molecule has 0 saturated heterocycles. The van der Waals surface area contributed by atoms with Gasteiger partial charge in [0.05, 0.1) is 11.3 Å². The average molecular weight is 363 g/mol. The summed E-state index contributed by atoms with van der Waals surface area (Å²) in [5.74, 6) is 1.27. The molecule has 1 aromatic carbocycles. The van der Waals surface area contributed by atoms with Gasteiger partial charge in [-0.2, -0.15) is 9.61 Å². The van der Waals surface area contributed by atoms with Gasteiger partial charge >= 0.3 is 0 Å². The first-order chi connectivity index (χ1) is 13.0. The summed E-state index contributed by atoms with van der Waals surface area (Å²) < 4.78 is 2.13. The van der Waals surface area contributed by atoms with Gasteiger partial charge in [-0.3, -0.25) is 0 Å². The second kappa shape index (κ2) is 6.66. The van der Waals surface area contributed by atoms with Gasteiger partial charge in [-0.25, -0.2) is 4.98 Å². The molecule has 0 N–H and O–H groups in total. The van der Waals surface area contributed by atoms with Crippen LogP contribution in [-0.2, 0) is 6.42 Å². The van der Waals surface area contributed by atoms with E-state index in [0.717, 1.165) is 42.8 Å². The first-order valence-corrected chi connectivity index (χ1v) is 10.2. The highest BCUT2D eigenvalue weighted by molar-refractivity contribution is 5.85. The molecule has 0 amide bonds. The third kappa shape index (κ3) is 2.65. The molecule has 142 valence electrons. The van der Waals surface area contributed by atoms with Crippen molar-refractivity contribution in [1.29, 1.82) is 0 Å². The SMILES string of the molecule is CCC(CC)N1CCc2c(C)nc3c(-c4c(C)cccc4C)c(C)nn3c21. The lowest BCUT2D eigenvalue weighted by molar-refractivity contribution is 0.563. The number of aryl methyl sites for hydroxylation is 4. The second-order valence-electron chi connectivity index (χ2n) is 7.88. The summed E-state index contributed by atoms with van der Waals surface area (Å²) in [4.78, 5) is 7.61. The maximum Gasteiger partial charge on any atom is 0.165 e. The molecule has 0 aliphatic carbocycles. The molecule has 0 atom stereocenters. The van der Waals surface area contributed by atoms with E-state index in [2.05, 4.69) is 69.2 Å². The predicted molar refractivity (Wildman–Crippen MR) is 113 cm³/mol. The molecule has 3 aromatic rings. The minimum atomic E-state index is 0.560. The number of anilines is 1. The van der Waals surface area contributed by atoms with Crippen LogP contribution in [0.2, 0.25) is 0 Å². The number of hydrogen-bond acceptors (Lipinski definition) is 3. The summed E-state index contributed by atoms with van der Waals surface area (Å²) in [5, 5.41) is 5.00. The summed E-state index contributed by atoms with van der Waals surface area (Å²) in [6.45, 7) is 14.3. The van der Waals surface area contributed by atoms with E-state index in [1.807, 2.05) is 0 Å². The molecule has 0 bridgehead atoms. The Hall–Kier alpha value is -2.36. The van der Waals surface area contributed by atoms with Crippen LogP contribution < -0.4 is 4.90 Å². The van der Waals surface area contributed by atoms with Crippen molar-refractivity contribution < 1.29 is 0 Å². The van der Waals surface area contributed by atoms with E-state index in [1.165, 1.54) is 33.6 Å². The first kappa shape index (κ1) is 18.0. The van der Waals surface area contributed by atoms with Crippen LogP contribution in [0.3, 0.4) is 0 Å². The van der Waals surface area contributed by atoms with Crippen molar-refractivity contribution in [3.05, 3.63) is 46.3 Å². The lowest BCUT2D eigenvalue weighted by Gasteiger charge is -2.28. The molecule has 1 aliphatic rings. The number of benzene rings is 1. The van der Waals surface area contributed by atoms with Crippen LogP contribution >= 0.6 is 0 Å². The molecule has 4 heteroatoms. The minimum Gasteiger partial charge on any atom is -0.353 e. The van der Waals surface area contributed by atoms with Crippen LogP contribution in [0.4, 0.5) is 5.82 Å². The molecule has 2 aromatic heterocycles. The minimum absolute atomic E-state index is 0.560. The molecule has 27 heavy (non-hydrogen) atoms. The maximum atomic E-state index is 5.05. The average Bonchev–Trinajstić information content (AvgIpc) is 3.19. The third-order valence-corrected chi connectivity index (χ3v) is 6.21.